The van der Waals surface area contributed by atoms with Crippen LogP contribution in [0.1, 0.15) is 24.4 Å². The Hall–Kier alpha value is -2.88. The van der Waals surface area contributed by atoms with Gasteiger partial charge in [-0.2, -0.15) is 0 Å². The van der Waals surface area contributed by atoms with Gasteiger partial charge in [0, 0.05) is 13.7 Å². The molecule has 10 nitrogen and oxygen atoms in total. The third-order valence-corrected chi connectivity index (χ3v) is 3.14. The van der Waals surface area contributed by atoms with Gasteiger partial charge >= 0.3 is 12.0 Å². The minimum absolute atomic E-state index is 0.0499. The van der Waals surface area contributed by atoms with Gasteiger partial charge in [0.15, 0.2) is 12.4 Å². The lowest BCUT2D eigenvalue weighted by molar-refractivity contribution is -0.151. The van der Waals surface area contributed by atoms with E-state index in [0.717, 1.165) is 0 Å². The summed E-state index contributed by atoms with van der Waals surface area (Å²) in [5, 5.41) is 6.87. The molecule has 0 spiro atoms. The van der Waals surface area contributed by atoms with Crippen LogP contribution in [0.15, 0.2) is 22.8 Å². The summed E-state index contributed by atoms with van der Waals surface area (Å²) in [4.78, 5) is 47.1. The molecule has 1 aromatic rings. The molecule has 0 fully saturated rings. The highest BCUT2D eigenvalue weighted by atomic mass is 16.5. The van der Waals surface area contributed by atoms with Crippen LogP contribution in [-0.4, -0.2) is 56.7 Å². The van der Waals surface area contributed by atoms with Crippen molar-refractivity contribution in [3.8, 4) is 0 Å². The van der Waals surface area contributed by atoms with E-state index in [4.69, 9.17) is 13.9 Å². The molecule has 0 saturated carbocycles. The number of methoxy groups -OCH3 is 1. The van der Waals surface area contributed by atoms with Gasteiger partial charge in [-0.15, -0.1) is 0 Å². The Bertz CT molecular complexity index is 613. The predicted molar refractivity (Wildman–Crippen MR) is 89.2 cm³/mol. The average Bonchev–Trinajstić information content (AvgIpc) is 3.12. The van der Waals surface area contributed by atoms with Gasteiger partial charge in [-0.1, -0.05) is 13.8 Å². The first kappa shape index (κ1) is 21.2. The van der Waals surface area contributed by atoms with E-state index < -0.39 is 36.5 Å². The van der Waals surface area contributed by atoms with Crippen molar-refractivity contribution in [2.75, 3.05) is 26.9 Å². The first-order valence-corrected chi connectivity index (χ1v) is 7.92. The van der Waals surface area contributed by atoms with Gasteiger partial charge in [0.05, 0.1) is 12.9 Å². The molecule has 26 heavy (non-hydrogen) atoms. The van der Waals surface area contributed by atoms with Crippen LogP contribution in [0.4, 0.5) is 4.79 Å². The van der Waals surface area contributed by atoms with Crippen molar-refractivity contribution in [3.63, 3.8) is 0 Å². The Morgan fingerprint density at radius 3 is 2.54 bits per heavy atom. The number of imide groups is 1. The Morgan fingerprint density at radius 2 is 1.96 bits per heavy atom. The Labute approximate surface area is 150 Å². The molecule has 4 amide bonds. The number of carbonyl (C=O) groups is 4. The van der Waals surface area contributed by atoms with Gasteiger partial charge in [-0.3, -0.25) is 14.9 Å². The Morgan fingerprint density at radius 1 is 1.23 bits per heavy atom. The van der Waals surface area contributed by atoms with Crippen LogP contribution < -0.4 is 16.0 Å². The summed E-state index contributed by atoms with van der Waals surface area (Å²) in [5.74, 6) is -2.41. The number of urea groups is 1. The SMILES string of the molecule is COCCNC(=O)NC(=O)COC(=O)[C@@H](NC(=O)c1ccco1)C(C)C. The van der Waals surface area contributed by atoms with Crippen LogP contribution >= 0.6 is 0 Å². The summed E-state index contributed by atoms with van der Waals surface area (Å²) >= 11 is 0. The lowest BCUT2D eigenvalue weighted by Gasteiger charge is -2.20. The average molecular weight is 369 g/mol. The largest absolute Gasteiger partial charge is 0.459 e. The molecular weight excluding hydrogens is 346 g/mol. The summed E-state index contributed by atoms with van der Waals surface area (Å²) in [6.45, 7) is 3.28. The molecule has 0 aromatic carbocycles. The number of hydrogen-bond acceptors (Lipinski definition) is 7. The highest BCUT2D eigenvalue weighted by molar-refractivity contribution is 5.97. The molecule has 0 aliphatic heterocycles. The second-order valence-electron chi connectivity index (χ2n) is 5.58. The highest BCUT2D eigenvalue weighted by Crippen LogP contribution is 2.07. The monoisotopic (exact) mass is 369 g/mol. The molecule has 3 N–H and O–H groups in total. The number of hydrogen-bond donors (Lipinski definition) is 3. The zero-order chi connectivity index (χ0) is 19.5. The van der Waals surface area contributed by atoms with Crippen molar-refractivity contribution in [2.45, 2.75) is 19.9 Å². The summed E-state index contributed by atoms with van der Waals surface area (Å²) < 4.78 is 14.6. The van der Waals surface area contributed by atoms with Gasteiger partial charge in [0.1, 0.15) is 6.04 Å². The van der Waals surface area contributed by atoms with Gasteiger partial charge < -0.3 is 24.5 Å². The van der Waals surface area contributed by atoms with Crippen LogP contribution in [-0.2, 0) is 19.1 Å². The van der Waals surface area contributed by atoms with E-state index in [-0.39, 0.29) is 18.2 Å². The molecule has 144 valence electrons. The summed E-state index contributed by atoms with van der Waals surface area (Å²) in [5.41, 5.74) is 0. The molecule has 0 unspecified atom stereocenters. The van der Waals surface area contributed by atoms with Gasteiger partial charge in [0.2, 0.25) is 0 Å². The smallest absolute Gasteiger partial charge is 0.329 e. The third-order valence-electron chi connectivity index (χ3n) is 3.14. The Balaban J connectivity index is 2.45. The van der Waals surface area contributed by atoms with Crippen molar-refractivity contribution in [1.29, 1.82) is 0 Å². The lowest BCUT2D eigenvalue weighted by Crippen LogP contribution is -2.47. The van der Waals surface area contributed by atoms with E-state index in [1.54, 1.807) is 19.9 Å². The van der Waals surface area contributed by atoms with E-state index >= 15 is 0 Å². The summed E-state index contributed by atoms with van der Waals surface area (Å²) in [6, 6.07) is 1.29. The van der Waals surface area contributed by atoms with Crippen molar-refractivity contribution in [2.24, 2.45) is 5.92 Å². The second kappa shape index (κ2) is 10.9. The van der Waals surface area contributed by atoms with E-state index in [0.29, 0.717) is 6.61 Å². The van der Waals surface area contributed by atoms with Crippen molar-refractivity contribution in [1.82, 2.24) is 16.0 Å². The number of furan rings is 1. The molecule has 0 radical (unpaired) electrons. The fraction of sp³-hybridized carbons (Fsp3) is 0.500. The molecule has 1 rings (SSSR count). The van der Waals surface area contributed by atoms with E-state index in [1.807, 2.05) is 5.32 Å². The number of amides is 4. The minimum Gasteiger partial charge on any atom is -0.459 e. The zero-order valence-corrected chi connectivity index (χ0v) is 14.9. The van der Waals surface area contributed by atoms with E-state index in [1.165, 1.54) is 19.4 Å². The number of carbonyl (C=O) groups excluding carboxylic acids is 4. The standard InChI is InChI=1S/C16H23N3O7/c1-10(2)13(19-14(21)11-5-4-7-25-11)15(22)26-9-12(20)18-16(23)17-6-8-24-3/h4-5,7,10,13H,6,8-9H2,1-3H3,(H,19,21)(H2,17,18,20,23)/t13-/m0/s1. The fourth-order valence-corrected chi connectivity index (χ4v) is 1.82. The first-order chi connectivity index (χ1) is 12.3. The molecule has 1 atom stereocenters. The highest BCUT2D eigenvalue weighted by Gasteiger charge is 2.27. The molecular formula is C16H23N3O7. The van der Waals surface area contributed by atoms with Crippen LogP contribution in [0, 0.1) is 5.92 Å². The minimum atomic E-state index is -0.976. The number of ether oxygens (including phenoxy) is 2. The van der Waals surface area contributed by atoms with Crippen LogP contribution in [0.3, 0.4) is 0 Å². The molecule has 1 heterocycles. The molecule has 0 aliphatic carbocycles. The maximum Gasteiger partial charge on any atom is 0.329 e. The van der Waals surface area contributed by atoms with Crippen LogP contribution in [0.2, 0.25) is 0 Å². The first-order valence-electron chi connectivity index (χ1n) is 7.92. The topological polar surface area (TPSA) is 136 Å². The third kappa shape index (κ3) is 7.34. The number of esters is 1. The van der Waals surface area contributed by atoms with Crippen LogP contribution in [0.5, 0.6) is 0 Å². The van der Waals surface area contributed by atoms with Gasteiger partial charge in [-0.05, 0) is 18.1 Å². The summed E-state index contributed by atoms with van der Waals surface area (Å²) in [7, 11) is 1.47. The van der Waals surface area contributed by atoms with Crippen molar-refractivity contribution >= 4 is 23.8 Å². The summed E-state index contributed by atoms with van der Waals surface area (Å²) in [6.07, 6.45) is 1.33. The molecule has 0 saturated heterocycles. The molecule has 0 aliphatic rings. The Kier molecular flexibility index (Phi) is 8.85. The zero-order valence-electron chi connectivity index (χ0n) is 14.9. The predicted octanol–water partition coefficient (Wildman–Crippen LogP) is 0.0494. The maximum absolute atomic E-state index is 12.1. The van der Waals surface area contributed by atoms with Crippen molar-refractivity contribution in [3.05, 3.63) is 24.2 Å². The maximum atomic E-state index is 12.1. The normalized spacial score (nSPS) is 11.5. The molecule has 10 heteroatoms. The van der Waals surface area contributed by atoms with Crippen LogP contribution in [0.25, 0.3) is 0 Å². The van der Waals surface area contributed by atoms with E-state index in [2.05, 4.69) is 10.6 Å². The fourth-order valence-electron chi connectivity index (χ4n) is 1.82. The number of nitrogens with one attached hydrogen (secondary N) is 3. The van der Waals surface area contributed by atoms with Gasteiger partial charge in [-0.25, -0.2) is 9.59 Å². The van der Waals surface area contributed by atoms with Crippen molar-refractivity contribution < 1.29 is 33.1 Å². The van der Waals surface area contributed by atoms with E-state index in [9.17, 15) is 19.2 Å². The molecule has 1 aromatic heterocycles. The lowest BCUT2D eigenvalue weighted by atomic mass is 10.0. The second-order valence-corrected chi connectivity index (χ2v) is 5.58. The molecule has 0 bridgehead atoms. The van der Waals surface area contributed by atoms with Gasteiger partial charge in [0.25, 0.3) is 11.8 Å². The number of rotatable bonds is 9. The quantitative estimate of drug-likeness (QED) is 0.413.